The predicted molar refractivity (Wildman–Crippen MR) is 102 cm³/mol. The van der Waals surface area contributed by atoms with E-state index in [1.165, 1.54) is 12.1 Å². The molecule has 4 nitrogen and oxygen atoms in total. The van der Waals surface area contributed by atoms with Crippen LogP contribution in [0.4, 0.5) is 4.39 Å². The van der Waals surface area contributed by atoms with E-state index in [2.05, 4.69) is 4.31 Å². The van der Waals surface area contributed by atoms with Gasteiger partial charge in [-0.25, -0.2) is 8.70 Å². The number of halogens is 3. The van der Waals surface area contributed by atoms with Crippen LogP contribution in [0.3, 0.4) is 0 Å². The molecule has 0 atom stereocenters. The molecular weight excluding hydrogens is 396 g/mol. The zero-order valence-electron chi connectivity index (χ0n) is 13.7. The summed E-state index contributed by atoms with van der Waals surface area (Å²) in [6.07, 6.45) is 0. The predicted octanol–water partition coefficient (Wildman–Crippen LogP) is 4.35. The molecule has 2 N–H and O–H groups in total. The number of nitriles is 1. The van der Waals surface area contributed by atoms with E-state index >= 15 is 0 Å². The van der Waals surface area contributed by atoms with Crippen molar-refractivity contribution in [1.29, 1.82) is 5.26 Å². The monoisotopic (exact) mass is 411 g/mol. The van der Waals surface area contributed by atoms with Gasteiger partial charge in [-0.1, -0.05) is 23.2 Å². The van der Waals surface area contributed by atoms with Crippen molar-refractivity contribution in [1.82, 2.24) is 4.31 Å². The van der Waals surface area contributed by atoms with Crippen LogP contribution in [0, 0.1) is 22.6 Å². The molecule has 0 aromatic heterocycles. The van der Waals surface area contributed by atoms with Crippen LogP contribution in [-0.2, 0) is 0 Å². The number of nitrogens with two attached hydrogens (primary N) is 1. The van der Waals surface area contributed by atoms with Crippen molar-refractivity contribution in [3.05, 3.63) is 57.8 Å². The number of benzene rings is 2. The summed E-state index contributed by atoms with van der Waals surface area (Å²) in [5, 5.41) is 9.97. The largest absolute Gasteiger partial charge is 0.493 e. The molecule has 1 aliphatic rings. The third kappa shape index (κ3) is 4.25. The Morgan fingerprint density at radius 3 is 2.65 bits per heavy atom. The smallest absolute Gasteiger partial charge is 0.144 e. The summed E-state index contributed by atoms with van der Waals surface area (Å²) in [5.41, 5.74) is 5.74. The van der Waals surface area contributed by atoms with Crippen LogP contribution >= 0.6 is 35.1 Å². The molecule has 0 bridgehead atoms. The average Bonchev–Trinajstić information content (AvgIpc) is 2.59. The van der Waals surface area contributed by atoms with Crippen LogP contribution in [-0.4, -0.2) is 30.5 Å². The highest BCUT2D eigenvalue weighted by Crippen LogP contribution is 2.40. The minimum absolute atomic E-state index is 0.00282. The molecule has 1 fully saturated rings. The Bertz CT molecular complexity index is 853. The summed E-state index contributed by atoms with van der Waals surface area (Å²) in [7, 11) is 0. The quantitative estimate of drug-likeness (QED) is 0.715. The Morgan fingerprint density at radius 1 is 1.27 bits per heavy atom. The van der Waals surface area contributed by atoms with Crippen LogP contribution in [0.2, 0.25) is 10.0 Å². The fourth-order valence-electron chi connectivity index (χ4n) is 2.65. The van der Waals surface area contributed by atoms with Crippen molar-refractivity contribution in [3.63, 3.8) is 0 Å². The Hall–Kier alpha value is -1.49. The molecule has 2 aromatic carbocycles. The van der Waals surface area contributed by atoms with E-state index in [1.54, 1.807) is 36.2 Å². The van der Waals surface area contributed by atoms with E-state index < -0.39 is 5.82 Å². The van der Waals surface area contributed by atoms with Crippen molar-refractivity contribution in [2.45, 2.75) is 4.90 Å². The summed E-state index contributed by atoms with van der Waals surface area (Å²) in [6.45, 7) is 2.29. The molecule has 0 radical (unpaired) electrons. The van der Waals surface area contributed by atoms with Gasteiger partial charge in [0.2, 0.25) is 0 Å². The van der Waals surface area contributed by atoms with E-state index in [4.69, 9.17) is 38.9 Å². The molecule has 0 aliphatic carbocycles. The molecule has 2 aromatic rings. The topological polar surface area (TPSA) is 62.3 Å². The molecule has 1 saturated heterocycles. The first kappa shape index (κ1) is 19.3. The molecule has 26 heavy (non-hydrogen) atoms. The maximum absolute atomic E-state index is 13.7. The maximum atomic E-state index is 13.7. The number of hydrogen-bond acceptors (Lipinski definition) is 5. The van der Waals surface area contributed by atoms with Crippen molar-refractivity contribution in [3.8, 4) is 11.8 Å². The summed E-state index contributed by atoms with van der Waals surface area (Å²) in [4.78, 5) is 0.928. The zero-order valence-corrected chi connectivity index (χ0v) is 16.0. The number of hydrogen-bond donors (Lipinski definition) is 1. The Labute approximate surface area is 165 Å². The highest BCUT2D eigenvalue weighted by atomic mass is 35.5. The van der Waals surface area contributed by atoms with Gasteiger partial charge in [0, 0.05) is 41.0 Å². The molecule has 0 saturated carbocycles. The first-order valence-electron chi connectivity index (χ1n) is 7.85. The highest BCUT2D eigenvalue weighted by Gasteiger charge is 2.43. The molecule has 3 rings (SSSR count). The van der Waals surface area contributed by atoms with Crippen molar-refractivity contribution in [2.24, 2.45) is 11.1 Å². The molecule has 136 valence electrons. The fourth-order valence-corrected chi connectivity index (χ4v) is 4.39. The standard InChI is InChI=1S/C18H16Cl2FN3OS/c19-13-2-4-17(15(20)5-13)26-24-9-18(8-23,10-24)11-25-14-3-1-12(7-22)16(21)6-14/h1-6H,8-11,23H2. The van der Waals surface area contributed by atoms with Crippen LogP contribution < -0.4 is 10.5 Å². The van der Waals surface area contributed by atoms with Crippen LogP contribution in [0.15, 0.2) is 41.3 Å². The van der Waals surface area contributed by atoms with Gasteiger partial charge < -0.3 is 10.5 Å². The van der Waals surface area contributed by atoms with E-state index in [9.17, 15) is 4.39 Å². The molecule has 8 heteroatoms. The summed E-state index contributed by atoms with van der Waals surface area (Å²) in [5.74, 6) is -0.198. The van der Waals surface area contributed by atoms with E-state index in [0.717, 1.165) is 18.0 Å². The minimum atomic E-state index is -0.588. The lowest BCUT2D eigenvalue weighted by Gasteiger charge is -2.48. The van der Waals surface area contributed by atoms with Crippen molar-refractivity contribution >= 4 is 35.1 Å². The highest BCUT2D eigenvalue weighted by molar-refractivity contribution is 7.97. The van der Waals surface area contributed by atoms with Gasteiger partial charge in [-0.3, -0.25) is 0 Å². The second-order valence-electron chi connectivity index (χ2n) is 6.21. The second-order valence-corrected chi connectivity index (χ2v) is 8.19. The van der Waals surface area contributed by atoms with Gasteiger partial charge in [-0.15, -0.1) is 0 Å². The molecule has 0 amide bonds. The summed E-state index contributed by atoms with van der Waals surface area (Å²) >= 11 is 13.7. The Balaban J connectivity index is 1.57. The molecule has 0 unspecified atom stereocenters. The van der Waals surface area contributed by atoms with Crippen molar-refractivity contribution in [2.75, 3.05) is 26.2 Å². The number of nitrogens with zero attached hydrogens (tertiary/aromatic N) is 2. The lowest BCUT2D eigenvalue weighted by Crippen LogP contribution is -2.59. The molecule has 0 spiro atoms. The van der Waals surface area contributed by atoms with Gasteiger partial charge in [0.25, 0.3) is 0 Å². The van der Waals surface area contributed by atoms with Gasteiger partial charge in [-0.2, -0.15) is 5.26 Å². The number of ether oxygens (including phenoxy) is 1. The first-order valence-corrected chi connectivity index (χ1v) is 9.38. The van der Waals surface area contributed by atoms with E-state index in [1.807, 2.05) is 6.07 Å². The Morgan fingerprint density at radius 2 is 2.04 bits per heavy atom. The van der Waals surface area contributed by atoms with Crippen LogP contribution in [0.5, 0.6) is 5.75 Å². The van der Waals surface area contributed by atoms with Gasteiger partial charge in [0.05, 0.1) is 17.2 Å². The fraction of sp³-hybridized carbons (Fsp3) is 0.278. The zero-order chi connectivity index (χ0) is 18.7. The third-order valence-electron chi connectivity index (χ3n) is 4.18. The van der Waals surface area contributed by atoms with Gasteiger partial charge >= 0.3 is 0 Å². The molecule has 1 aliphatic heterocycles. The van der Waals surface area contributed by atoms with E-state index in [-0.39, 0.29) is 11.0 Å². The van der Waals surface area contributed by atoms with Gasteiger partial charge in [-0.05, 0) is 42.3 Å². The average molecular weight is 412 g/mol. The van der Waals surface area contributed by atoms with E-state index in [0.29, 0.717) is 28.9 Å². The maximum Gasteiger partial charge on any atom is 0.144 e. The molecular formula is C18H16Cl2FN3OS. The first-order chi connectivity index (χ1) is 12.4. The third-order valence-corrected chi connectivity index (χ3v) is 5.91. The van der Waals surface area contributed by atoms with Crippen LogP contribution in [0.25, 0.3) is 0 Å². The minimum Gasteiger partial charge on any atom is -0.493 e. The lowest BCUT2D eigenvalue weighted by molar-refractivity contribution is 0.0335. The lowest BCUT2D eigenvalue weighted by atomic mass is 9.83. The normalized spacial score (nSPS) is 16.0. The number of rotatable bonds is 6. The second kappa shape index (κ2) is 8.03. The SMILES string of the molecule is N#Cc1ccc(OCC2(CN)CN(Sc3ccc(Cl)cc3Cl)C2)cc1F. The molecule has 1 heterocycles. The Kier molecular flexibility index (Phi) is 5.96. The van der Waals surface area contributed by atoms with Crippen LogP contribution in [0.1, 0.15) is 5.56 Å². The van der Waals surface area contributed by atoms with Gasteiger partial charge in [0.1, 0.15) is 17.6 Å². The summed E-state index contributed by atoms with van der Waals surface area (Å²) in [6, 6.07) is 11.4. The summed E-state index contributed by atoms with van der Waals surface area (Å²) < 4.78 is 21.5. The van der Waals surface area contributed by atoms with Gasteiger partial charge in [0.15, 0.2) is 0 Å². The van der Waals surface area contributed by atoms with Crippen molar-refractivity contribution < 1.29 is 9.13 Å².